The van der Waals surface area contributed by atoms with E-state index in [1.165, 1.54) is 19.2 Å². The first kappa shape index (κ1) is 12.0. The van der Waals surface area contributed by atoms with Crippen molar-refractivity contribution in [3.8, 4) is 0 Å². The fourth-order valence-electron chi connectivity index (χ4n) is 1.48. The van der Waals surface area contributed by atoms with Gasteiger partial charge in [-0.05, 0) is 28.1 Å². The van der Waals surface area contributed by atoms with Gasteiger partial charge in [-0.2, -0.15) is 5.10 Å². The first-order valence-corrected chi connectivity index (χ1v) is 5.38. The van der Waals surface area contributed by atoms with Crippen LogP contribution in [0.3, 0.4) is 0 Å². The van der Waals surface area contributed by atoms with Crippen LogP contribution in [0.4, 0.5) is 8.78 Å². The topological polar surface area (TPSA) is 55.0 Å². The second-order valence-electron chi connectivity index (χ2n) is 3.28. The van der Waals surface area contributed by atoms with Crippen LogP contribution < -0.4 is 0 Å². The first-order valence-electron chi connectivity index (χ1n) is 4.58. The maximum absolute atomic E-state index is 12.6. The Morgan fingerprint density at radius 2 is 2.24 bits per heavy atom. The molecular formula is C10H7BrF2N2O2. The Labute approximate surface area is 103 Å². The Bertz CT molecular complexity index is 583. The van der Waals surface area contributed by atoms with E-state index in [9.17, 15) is 13.6 Å². The molecule has 1 N–H and O–H groups in total. The Hall–Kier alpha value is -1.50. The van der Waals surface area contributed by atoms with Crippen LogP contribution in [0.25, 0.3) is 10.9 Å². The number of H-pyrrole nitrogens is 1. The molecule has 1 aromatic carbocycles. The SMILES string of the molecule is COC(=O)c1cc2n[nH]c(C(F)F)c2cc1Br. The molecule has 1 aromatic heterocycles. The molecule has 1 heterocycles. The lowest BCUT2D eigenvalue weighted by Gasteiger charge is -2.02. The number of ether oxygens (including phenoxy) is 1. The van der Waals surface area contributed by atoms with Gasteiger partial charge in [0.2, 0.25) is 0 Å². The average molecular weight is 305 g/mol. The number of aromatic amines is 1. The maximum Gasteiger partial charge on any atom is 0.339 e. The molecule has 0 saturated heterocycles. The molecule has 0 aliphatic carbocycles. The number of hydrogen-bond donors (Lipinski definition) is 1. The van der Waals surface area contributed by atoms with Gasteiger partial charge in [-0.3, -0.25) is 5.10 Å². The zero-order valence-electron chi connectivity index (χ0n) is 8.63. The summed E-state index contributed by atoms with van der Waals surface area (Å²) in [5.74, 6) is -0.555. The number of methoxy groups -OCH3 is 1. The van der Waals surface area contributed by atoms with E-state index in [4.69, 9.17) is 0 Å². The Morgan fingerprint density at radius 1 is 1.53 bits per heavy atom. The van der Waals surface area contributed by atoms with E-state index in [2.05, 4.69) is 30.9 Å². The van der Waals surface area contributed by atoms with Gasteiger partial charge < -0.3 is 4.74 Å². The second-order valence-corrected chi connectivity index (χ2v) is 4.13. The highest BCUT2D eigenvalue weighted by atomic mass is 79.9. The van der Waals surface area contributed by atoms with Crippen molar-refractivity contribution < 1.29 is 18.3 Å². The van der Waals surface area contributed by atoms with Crippen LogP contribution in [0.5, 0.6) is 0 Å². The number of carbonyl (C=O) groups is 1. The number of rotatable bonds is 2. The Morgan fingerprint density at radius 3 is 2.82 bits per heavy atom. The largest absolute Gasteiger partial charge is 0.465 e. The highest BCUT2D eigenvalue weighted by molar-refractivity contribution is 9.10. The summed E-state index contributed by atoms with van der Waals surface area (Å²) in [5.41, 5.74) is 0.272. The van der Waals surface area contributed by atoms with Crippen LogP contribution in [0.1, 0.15) is 22.5 Å². The summed E-state index contributed by atoms with van der Waals surface area (Å²) in [6.07, 6.45) is -2.64. The molecule has 4 nitrogen and oxygen atoms in total. The van der Waals surface area contributed by atoms with Crippen molar-refractivity contribution >= 4 is 32.8 Å². The minimum absolute atomic E-state index is 0.243. The van der Waals surface area contributed by atoms with E-state index in [0.717, 1.165) is 0 Å². The number of carbonyl (C=O) groups excluding carboxylic acids is 1. The zero-order valence-corrected chi connectivity index (χ0v) is 10.2. The molecule has 0 radical (unpaired) electrons. The second kappa shape index (κ2) is 4.40. The third-order valence-corrected chi connectivity index (χ3v) is 2.95. The Kier molecular flexibility index (Phi) is 3.10. The smallest absolute Gasteiger partial charge is 0.339 e. The summed E-state index contributed by atoms with van der Waals surface area (Å²) in [4.78, 5) is 11.4. The van der Waals surface area contributed by atoms with Gasteiger partial charge in [0.25, 0.3) is 6.43 Å². The van der Waals surface area contributed by atoms with E-state index in [1.807, 2.05) is 0 Å². The van der Waals surface area contributed by atoms with Crippen molar-refractivity contribution in [1.82, 2.24) is 10.2 Å². The normalized spacial score (nSPS) is 11.1. The summed E-state index contributed by atoms with van der Waals surface area (Å²) in [6, 6.07) is 2.82. The number of nitrogens with one attached hydrogen (secondary N) is 1. The fraction of sp³-hybridized carbons (Fsp3) is 0.200. The van der Waals surface area contributed by atoms with Gasteiger partial charge in [0.05, 0.1) is 18.2 Å². The molecule has 17 heavy (non-hydrogen) atoms. The summed E-state index contributed by atoms with van der Waals surface area (Å²) in [7, 11) is 1.24. The monoisotopic (exact) mass is 304 g/mol. The molecule has 0 aliphatic rings. The minimum Gasteiger partial charge on any atom is -0.465 e. The average Bonchev–Trinajstić information content (AvgIpc) is 2.69. The quantitative estimate of drug-likeness (QED) is 0.868. The lowest BCUT2D eigenvalue weighted by molar-refractivity contribution is 0.0600. The molecule has 0 atom stereocenters. The number of halogens is 3. The fourth-order valence-corrected chi connectivity index (χ4v) is 1.99. The van der Waals surface area contributed by atoms with Crippen molar-refractivity contribution in [3.05, 3.63) is 27.9 Å². The molecule has 90 valence electrons. The molecule has 0 spiro atoms. The van der Waals surface area contributed by atoms with Crippen LogP contribution in [0.15, 0.2) is 16.6 Å². The molecule has 2 rings (SSSR count). The third-order valence-electron chi connectivity index (χ3n) is 2.30. The van der Waals surface area contributed by atoms with Gasteiger partial charge in [0.15, 0.2) is 0 Å². The third kappa shape index (κ3) is 2.02. The molecule has 0 aliphatic heterocycles. The summed E-state index contributed by atoms with van der Waals surface area (Å²) < 4.78 is 30.2. The molecule has 7 heteroatoms. The summed E-state index contributed by atoms with van der Waals surface area (Å²) in [5, 5.41) is 6.25. The van der Waals surface area contributed by atoms with Gasteiger partial charge in [0.1, 0.15) is 5.69 Å². The molecule has 0 amide bonds. The molecule has 0 saturated carbocycles. The highest BCUT2D eigenvalue weighted by Crippen LogP contribution is 2.30. The van der Waals surface area contributed by atoms with Crippen molar-refractivity contribution in [1.29, 1.82) is 0 Å². The number of esters is 1. The lowest BCUT2D eigenvalue weighted by atomic mass is 10.1. The van der Waals surface area contributed by atoms with Crippen LogP contribution in [-0.4, -0.2) is 23.3 Å². The van der Waals surface area contributed by atoms with Crippen molar-refractivity contribution in [2.24, 2.45) is 0 Å². The standard InChI is InChI=1S/C10H7BrF2N2O2/c1-17-10(16)4-3-7-5(2-6(4)11)8(9(12)13)15-14-7/h2-3,9H,1H3,(H,14,15). The zero-order chi connectivity index (χ0) is 12.6. The summed E-state index contributed by atoms with van der Waals surface area (Å²) >= 11 is 3.14. The van der Waals surface area contributed by atoms with E-state index < -0.39 is 12.4 Å². The highest BCUT2D eigenvalue weighted by Gasteiger charge is 2.18. The van der Waals surface area contributed by atoms with Gasteiger partial charge in [0, 0.05) is 9.86 Å². The minimum atomic E-state index is -2.64. The predicted molar refractivity (Wildman–Crippen MR) is 60.1 cm³/mol. The molecule has 2 aromatic rings. The van der Waals surface area contributed by atoms with Gasteiger partial charge in [-0.1, -0.05) is 0 Å². The number of benzene rings is 1. The number of fused-ring (bicyclic) bond motifs is 1. The number of nitrogens with zero attached hydrogens (tertiary/aromatic N) is 1. The van der Waals surface area contributed by atoms with Crippen LogP contribution >= 0.6 is 15.9 Å². The van der Waals surface area contributed by atoms with Crippen LogP contribution in [0.2, 0.25) is 0 Å². The first-order chi connectivity index (χ1) is 8.04. The van der Waals surface area contributed by atoms with E-state index in [1.54, 1.807) is 0 Å². The van der Waals surface area contributed by atoms with E-state index >= 15 is 0 Å². The van der Waals surface area contributed by atoms with E-state index in [-0.39, 0.29) is 16.6 Å². The number of hydrogen-bond acceptors (Lipinski definition) is 3. The van der Waals surface area contributed by atoms with Gasteiger partial charge >= 0.3 is 5.97 Å². The predicted octanol–water partition coefficient (Wildman–Crippen LogP) is 3.05. The van der Waals surface area contributed by atoms with Crippen LogP contribution in [-0.2, 0) is 4.74 Å². The maximum atomic E-state index is 12.6. The number of aromatic nitrogens is 2. The molecule has 0 unspecified atom stereocenters. The molecule has 0 fully saturated rings. The van der Waals surface area contributed by atoms with E-state index in [0.29, 0.717) is 9.99 Å². The van der Waals surface area contributed by atoms with Gasteiger partial charge in [-0.25, -0.2) is 13.6 Å². The summed E-state index contributed by atoms with van der Waals surface area (Å²) in [6.45, 7) is 0. The van der Waals surface area contributed by atoms with Gasteiger partial charge in [-0.15, -0.1) is 0 Å². The molecule has 0 bridgehead atoms. The van der Waals surface area contributed by atoms with Crippen molar-refractivity contribution in [2.45, 2.75) is 6.43 Å². The molecular weight excluding hydrogens is 298 g/mol. The lowest BCUT2D eigenvalue weighted by Crippen LogP contribution is -2.02. The van der Waals surface area contributed by atoms with Crippen molar-refractivity contribution in [3.63, 3.8) is 0 Å². The van der Waals surface area contributed by atoms with Crippen molar-refractivity contribution in [2.75, 3.05) is 7.11 Å². The Balaban J connectivity index is 2.64. The van der Waals surface area contributed by atoms with Crippen LogP contribution in [0, 0.1) is 0 Å². The number of alkyl halides is 2.